The molecule has 84 valence electrons. The van der Waals surface area contributed by atoms with Crippen LogP contribution in [0.1, 0.15) is 6.92 Å². The summed E-state index contributed by atoms with van der Waals surface area (Å²) in [6, 6.07) is 0. The Morgan fingerprint density at radius 3 is 3.07 bits per heavy atom. The summed E-state index contributed by atoms with van der Waals surface area (Å²) >= 11 is 1.32. The molecule has 0 aliphatic heterocycles. The minimum absolute atomic E-state index is 0.359. The highest BCUT2D eigenvalue weighted by atomic mass is 32.2. The highest BCUT2D eigenvalue weighted by Gasteiger charge is 2.06. The number of hydrogen-bond donors (Lipinski definition) is 1. The van der Waals surface area contributed by atoms with Crippen molar-refractivity contribution >= 4 is 17.7 Å². The lowest BCUT2D eigenvalue weighted by Gasteiger charge is -2.05. The predicted octanol–water partition coefficient (Wildman–Crippen LogP) is 1.79. The molecule has 0 saturated heterocycles. The van der Waals surface area contributed by atoms with Gasteiger partial charge in [-0.25, -0.2) is 14.4 Å². The van der Waals surface area contributed by atoms with Gasteiger partial charge in [-0.05, 0) is 6.92 Å². The third kappa shape index (κ3) is 4.01. The second-order valence-electron chi connectivity index (χ2n) is 2.72. The quantitative estimate of drug-likeness (QED) is 0.459. The standard InChI is InChI=1S/C9H14FN3OS/c1-3-11-9-12-6-7(10)8(13-9)15-5-4-14-2/h6H,3-5H2,1-2H3,(H,11,12,13). The van der Waals surface area contributed by atoms with Gasteiger partial charge in [0.2, 0.25) is 5.95 Å². The Kier molecular flexibility index (Phi) is 5.34. The van der Waals surface area contributed by atoms with E-state index in [2.05, 4.69) is 15.3 Å². The van der Waals surface area contributed by atoms with Gasteiger partial charge >= 0.3 is 0 Å². The van der Waals surface area contributed by atoms with E-state index in [4.69, 9.17) is 4.74 Å². The molecule has 1 aromatic rings. The summed E-state index contributed by atoms with van der Waals surface area (Å²) in [4.78, 5) is 7.86. The van der Waals surface area contributed by atoms with Gasteiger partial charge in [-0.15, -0.1) is 11.8 Å². The van der Waals surface area contributed by atoms with Gasteiger partial charge < -0.3 is 10.1 Å². The van der Waals surface area contributed by atoms with Gasteiger partial charge in [0.05, 0.1) is 12.8 Å². The second-order valence-corrected chi connectivity index (χ2v) is 3.80. The number of aromatic nitrogens is 2. The summed E-state index contributed by atoms with van der Waals surface area (Å²) in [6.45, 7) is 3.23. The zero-order chi connectivity index (χ0) is 11.1. The molecular formula is C9H14FN3OS. The van der Waals surface area contributed by atoms with Gasteiger partial charge in [0.15, 0.2) is 5.82 Å². The van der Waals surface area contributed by atoms with Crippen LogP contribution in [0.5, 0.6) is 0 Å². The van der Waals surface area contributed by atoms with E-state index in [0.717, 1.165) is 0 Å². The third-order valence-electron chi connectivity index (χ3n) is 1.57. The van der Waals surface area contributed by atoms with Gasteiger partial charge in [-0.2, -0.15) is 0 Å². The summed E-state index contributed by atoms with van der Waals surface area (Å²) < 4.78 is 18.1. The molecule has 0 aliphatic carbocycles. The Labute approximate surface area is 92.6 Å². The fourth-order valence-corrected chi connectivity index (χ4v) is 1.70. The number of thioether (sulfide) groups is 1. The van der Waals surface area contributed by atoms with Gasteiger partial charge in [0.1, 0.15) is 5.03 Å². The molecule has 0 unspecified atom stereocenters. The Balaban J connectivity index is 2.63. The normalized spacial score (nSPS) is 10.3. The van der Waals surface area contributed by atoms with Crippen LogP contribution >= 0.6 is 11.8 Å². The molecule has 0 fully saturated rings. The first-order chi connectivity index (χ1) is 7.27. The molecule has 0 spiro atoms. The van der Waals surface area contributed by atoms with Crippen molar-refractivity contribution in [2.45, 2.75) is 11.9 Å². The molecule has 1 heterocycles. The molecule has 0 atom stereocenters. The summed E-state index contributed by atoms with van der Waals surface area (Å²) in [5.41, 5.74) is 0. The molecule has 0 radical (unpaired) electrons. The summed E-state index contributed by atoms with van der Waals surface area (Å²) in [5.74, 6) is 0.743. The van der Waals surface area contributed by atoms with E-state index in [-0.39, 0.29) is 0 Å². The van der Waals surface area contributed by atoms with Crippen molar-refractivity contribution in [3.8, 4) is 0 Å². The van der Waals surface area contributed by atoms with E-state index in [1.54, 1.807) is 7.11 Å². The summed E-state index contributed by atoms with van der Waals surface area (Å²) in [6.07, 6.45) is 1.18. The van der Waals surface area contributed by atoms with Gasteiger partial charge in [-0.3, -0.25) is 0 Å². The van der Waals surface area contributed by atoms with Crippen molar-refractivity contribution in [1.82, 2.24) is 9.97 Å². The number of anilines is 1. The Morgan fingerprint density at radius 2 is 2.40 bits per heavy atom. The molecule has 1 rings (SSSR count). The molecule has 0 bridgehead atoms. The van der Waals surface area contributed by atoms with Gasteiger partial charge in [-0.1, -0.05) is 0 Å². The Bertz CT molecular complexity index is 311. The van der Waals surface area contributed by atoms with E-state index >= 15 is 0 Å². The molecule has 0 amide bonds. The van der Waals surface area contributed by atoms with Crippen LogP contribution in [-0.4, -0.2) is 36.0 Å². The van der Waals surface area contributed by atoms with Crippen molar-refractivity contribution in [3.63, 3.8) is 0 Å². The van der Waals surface area contributed by atoms with Crippen LogP contribution in [0.3, 0.4) is 0 Å². The lowest BCUT2D eigenvalue weighted by Crippen LogP contribution is -2.04. The molecule has 1 N–H and O–H groups in total. The van der Waals surface area contributed by atoms with Crippen LogP contribution in [0.25, 0.3) is 0 Å². The van der Waals surface area contributed by atoms with E-state index in [1.165, 1.54) is 18.0 Å². The van der Waals surface area contributed by atoms with Crippen LogP contribution < -0.4 is 5.32 Å². The molecule has 0 aliphatic rings. The smallest absolute Gasteiger partial charge is 0.223 e. The average Bonchev–Trinajstić information content (AvgIpc) is 2.23. The topological polar surface area (TPSA) is 47.0 Å². The number of halogens is 1. The average molecular weight is 231 g/mol. The maximum Gasteiger partial charge on any atom is 0.223 e. The van der Waals surface area contributed by atoms with E-state index in [0.29, 0.717) is 29.9 Å². The summed E-state index contributed by atoms with van der Waals surface area (Å²) in [7, 11) is 1.61. The monoisotopic (exact) mass is 231 g/mol. The largest absolute Gasteiger partial charge is 0.384 e. The number of methoxy groups -OCH3 is 1. The molecule has 6 heteroatoms. The highest BCUT2D eigenvalue weighted by molar-refractivity contribution is 7.99. The van der Waals surface area contributed by atoms with Crippen LogP contribution in [0.4, 0.5) is 10.3 Å². The minimum Gasteiger partial charge on any atom is -0.384 e. The first-order valence-electron chi connectivity index (χ1n) is 4.66. The van der Waals surface area contributed by atoms with E-state index in [1.807, 2.05) is 6.92 Å². The molecule has 4 nitrogen and oxygen atoms in total. The summed E-state index contributed by atoms with van der Waals surface area (Å²) in [5, 5.41) is 3.29. The van der Waals surface area contributed by atoms with Crippen LogP contribution in [-0.2, 0) is 4.74 Å². The van der Waals surface area contributed by atoms with Crippen LogP contribution in [0.15, 0.2) is 11.2 Å². The molecule has 0 aromatic carbocycles. The van der Waals surface area contributed by atoms with Crippen molar-refractivity contribution in [1.29, 1.82) is 0 Å². The molecule has 0 saturated carbocycles. The maximum absolute atomic E-state index is 13.2. The lowest BCUT2D eigenvalue weighted by atomic mass is 10.6. The SMILES string of the molecule is CCNc1ncc(F)c(SCCOC)n1. The van der Waals surface area contributed by atoms with Crippen molar-refractivity contribution in [2.75, 3.05) is 31.3 Å². The first kappa shape index (κ1) is 12.2. The van der Waals surface area contributed by atoms with Crippen molar-refractivity contribution in [2.24, 2.45) is 0 Å². The van der Waals surface area contributed by atoms with Crippen molar-refractivity contribution in [3.05, 3.63) is 12.0 Å². The predicted molar refractivity (Wildman–Crippen MR) is 58.8 cm³/mol. The number of nitrogens with zero attached hydrogens (tertiary/aromatic N) is 2. The number of hydrogen-bond acceptors (Lipinski definition) is 5. The van der Waals surface area contributed by atoms with Gasteiger partial charge in [0.25, 0.3) is 0 Å². The van der Waals surface area contributed by atoms with Crippen LogP contribution in [0, 0.1) is 5.82 Å². The Hall–Kier alpha value is -0.880. The highest BCUT2D eigenvalue weighted by Crippen LogP contribution is 2.19. The molecule has 15 heavy (non-hydrogen) atoms. The third-order valence-corrected chi connectivity index (χ3v) is 2.50. The van der Waals surface area contributed by atoms with Crippen LogP contribution in [0.2, 0.25) is 0 Å². The second kappa shape index (κ2) is 6.58. The minimum atomic E-state index is -0.391. The fraction of sp³-hybridized carbons (Fsp3) is 0.556. The zero-order valence-electron chi connectivity index (χ0n) is 8.79. The number of nitrogens with one attached hydrogen (secondary N) is 1. The maximum atomic E-state index is 13.2. The Morgan fingerprint density at radius 1 is 1.60 bits per heavy atom. The van der Waals surface area contributed by atoms with E-state index in [9.17, 15) is 4.39 Å². The fourth-order valence-electron chi connectivity index (χ4n) is 0.918. The lowest BCUT2D eigenvalue weighted by molar-refractivity contribution is 0.218. The van der Waals surface area contributed by atoms with Crippen molar-refractivity contribution < 1.29 is 9.13 Å². The molecular weight excluding hydrogens is 217 g/mol. The number of ether oxygens (including phenoxy) is 1. The molecule has 1 aromatic heterocycles. The number of rotatable bonds is 6. The van der Waals surface area contributed by atoms with E-state index < -0.39 is 5.82 Å². The van der Waals surface area contributed by atoms with Gasteiger partial charge in [0, 0.05) is 19.4 Å². The zero-order valence-corrected chi connectivity index (χ0v) is 9.60. The first-order valence-corrected chi connectivity index (χ1v) is 5.64.